The van der Waals surface area contributed by atoms with E-state index in [0.29, 0.717) is 54.3 Å². The van der Waals surface area contributed by atoms with Crippen molar-refractivity contribution in [2.75, 3.05) is 26.2 Å². The van der Waals surface area contributed by atoms with Gasteiger partial charge in [-0.25, -0.2) is 4.73 Å². The van der Waals surface area contributed by atoms with Gasteiger partial charge in [0, 0.05) is 24.8 Å². The molecule has 0 radical (unpaired) electrons. The molecule has 0 amide bonds. The predicted octanol–water partition coefficient (Wildman–Crippen LogP) is 2.37. The van der Waals surface area contributed by atoms with Crippen LogP contribution in [0.5, 0.6) is 5.75 Å². The fourth-order valence-electron chi connectivity index (χ4n) is 3.37. The fraction of sp³-hybridized carbons (Fsp3) is 0.381. The van der Waals surface area contributed by atoms with Gasteiger partial charge in [-0.1, -0.05) is 0 Å². The maximum atomic E-state index is 13.3. The van der Waals surface area contributed by atoms with E-state index in [1.807, 2.05) is 0 Å². The zero-order valence-electron chi connectivity index (χ0n) is 17.2. The smallest absolute Gasteiger partial charge is 0.198 e. The lowest BCUT2D eigenvalue weighted by Crippen LogP contribution is -2.26. The lowest BCUT2D eigenvalue weighted by Gasteiger charge is -2.20. The second-order valence-electron chi connectivity index (χ2n) is 6.94. The van der Waals surface area contributed by atoms with E-state index in [2.05, 4.69) is 9.98 Å². The summed E-state index contributed by atoms with van der Waals surface area (Å²) in [5.74, 6) is -0.0354. The summed E-state index contributed by atoms with van der Waals surface area (Å²) in [5, 5.41) is 20.7. The largest absolute Gasteiger partial charge is 0.507 e. The number of aromatic nitrogens is 1. The van der Waals surface area contributed by atoms with Gasteiger partial charge in [-0.3, -0.25) is 14.8 Å². The Labute approximate surface area is 193 Å². The van der Waals surface area contributed by atoms with Gasteiger partial charge in [0.05, 0.1) is 34.3 Å². The molecule has 0 aromatic rings. The first-order valence-corrected chi connectivity index (χ1v) is 9.86. The number of nitrogens with zero attached hydrogens (tertiary/aromatic N) is 3. The van der Waals surface area contributed by atoms with E-state index in [4.69, 9.17) is 11.5 Å². The number of phenols is 1. The molecule has 0 bridgehead atoms. The number of aromatic hydroxyl groups is 1. The highest BCUT2D eigenvalue weighted by atomic mass is 35.5. The highest BCUT2D eigenvalue weighted by Gasteiger charge is 2.28. The molecule has 2 aliphatic carbocycles. The SMILES string of the molecule is Cl.Cl.NCCCCN=C1C=CC(=NCCCCN)c2c1c(O)c1ccn(O)cc-1c2=O. The lowest BCUT2D eigenvalue weighted by molar-refractivity contribution is 0.184. The number of hydrogen-bond acceptors (Lipinski definition) is 7. The average Bonchev–Trinajstić information content (AvgIpc) is 2.72. The van der Waals surface area contributed by atoms with Gasteiger partial charge >= 0.3 is 0 Å². The third-order valence-corrected chi connectivity index (χ3v) is 4.86. The van der Waals surface area contributed by atoms with E-state index >= 15 is 0 Å². The molecule has 31 heavy (non-hydrogen) atoms. The molecule has 0 spiro atoms. The molecule has 1 aliphatic heterocycles. The first kappa shape index (κ1) is 26.6. The highest BCUT2D eigenvalue weighted by Crippen LogP contribution is 2.35. The molecular weight excluding hydrogens is 441 g/mol. The monoisotopic (exact) mass is 469 g/mol. The van der Waals surface area contributed by atoms with Crippen LogP contribution in [0.4, 0.5) is 0 Å². The quantitative estimate of drug-likeness (QED) is 0.347. The molecular formula is C21H29Cl2N5O3. The topological polar surface area (TPSA) is 139 Å². The van der Waals surface area contributed by atoms with Crippen molar-refractivity contribution in [2.45, 2.75) is 25.7 Å². The Morgan fingerprint density at radius 2 is 1.42 bits per heavy atom. The second kappa shape index (κ2) is 12.5. The molecule has 0 saturated carbocycles. The Balaban J connectivity index is 0.00000240. The molecule has 6 N–H and O–H groups in total. The van der Waals surface area contributed by atoms with Crippen LogP contribution in [0.15, 0.2) is 45.4 Å². The van der Waals surface area contributed by atoms with Crippen LogP contribution < -0.4 is 16.9 Å². The van der Waals surface area contributed by atoms with Crippen LogP contribution in [0.3, 0.4) is 0 Å². The summed E-state index contributed by atoms with van der Waals surface area (Å²) in [4.78, 5) is 22.4. The van der Waals surface area contributed by atoms with Gasteiger partial charge in [0.15, 0.2) is 5.43 Å². The third-order valence-electron chi connectivity index (χ3n) is 4.86. The number of fused-ring (bicyclic) bond motifs is 2. The maximum Gasteiger partial charge on any atom is 0.198 e. The number of rotatable bonds is 8. The Kier molecular flexibility index (Phi) is 10.7. The van der Waals surface area contributed by atoms with E-state index in [9.17, 15) is 15.1 Å². The summed E-state index contributed by atoms with van der Waals surface area (Å²) in [5.41, 5.74) is 13.1. The van der Waals surface area contributed by atoms with Crippen molar-refractivity contribution in [2.24, 2.45) is 21.5 Å². The third kappa shape index (κ3) is 5.86. The standard InChI is InChI=1S/C21H27N5O3.2ClH/c22-8-1-3-10-24-16-5-6-17(25-11-4-2-9-23)19-18(16)20(27)14-7-12-26(29)13-15(14)21(19)28;;/h5-7,12-13,27,29H,1-4,8-11,22-23H2;2*1H. The number of benzene rings is 1. The van der Waals surface area contributed by atoms with Crippen LogP contribution in [0.25, 0.3) is 11.1 Å². The van der Waals surface area contributed by atoms with Crippen LogP contribution >= 0.6 is 24.8 Å². The number of unbranched alkanes of at least 4 members (excludes halogenated alkanes) is 2. The molecule has 3 aliphatic rings. The Bertz CT molecular complexity index is 1000. The predicted molar refractivity (Wildman–Crippen MR) is 129 cm³/mol. The minimum atomic E-state index is -0.298. The molecule has 1 heterocycles. The van der Waals surface area contributed by atoms with Crippen molar-refractivity contribution in [3.05, 3.63) is 52.0 Å². The molecule has 0 fully saturated rings. The Hall–Kier alpha value is -2.39. The molecule has 0 aromatic heterocycles. The van der Waals surface area contributed by atoms with Crippen molar-refractivity contribution < 1.29 is 10.3 Å². The Morgan fingerprint density at radius 3 is 1.97 bits per heavy atom. The van der Waals surface area contributed by atoms with E-state index in [0.717, 1.165) is 30.4 Å². The first-order valence-electron chi connectivity index (χ1n) is 9.86. The number of halogens is 2. The summed E-state index contributed by atoms with van der Waals surface area (Å²) in [6.07, 6.45) is 9.54. The lowest BCUT2D eigenvalue weighted by atomic mass is 9.86. The number of allylic oxidation sites excluding steroid dienone is 2. The zero-order valence-corrected chi connectivity index (χ0v) is 18.8. The van der Waals surface area contributed by atoms with E-state index < -0.39 is 0 Å². The molecule has 10 heteroatoms. The van der Waals surface area contributed by atoms with Gasteiger partial charge in [0.1, 0.15) is 5.75 Å². The molecule has 0 aromatic carbocycles. The molecule has 3 rings (SSSR count). The van der Waals surface area contributed by atoms with Gasteiger partial charge in [0.2, 0.25) is 0 Å². The fourth-order valence-corrected chi connectivity index (χ4v) is 3.37. The van der Waals surface area contributed by atoms with Crippen LogP contribution in [0.2, 0.25) is 0 Å². The molecule has 170 valence electrons. The van der Waals surface area contributed by atoms with Gasteiger partial charge in [-0.15, -0.1) is 24.8 Å². The highest BCUT2D eigenvalue weighted by molar-refractivity contribution is 6.27. The number of hydrogen-bond donors (Lipinski definition) is 4. The minimum absolute atomic E-state index is 0. The van der Waals surface area contributed by atoms with Gasteiger partial charge in [-0.2, -0.15) is 0 Å². The number of nitrogens with two attached hydrogens (primary N) is 2. The van der Waals surface area contributed by atoms with Crippen LogP contribution in [-0.4, -0.2) is 52.6 Å². The summed E-state index contributed by atoms with van der Waals surface area (Å²) in [6.45, 7) is 2.27. The van der Waals surface area contributed by atoms with Gasteiger partial charge < -0.3 is 21.8 Å². The Morgan fingerprint density at radius 1 is 0.871 bits per heavy atom. The molecule has 0 atom stereocenters. The second-order valence-corrected chi connectivity index (χ2v) is 6.94. The van der Waals surface area contributed by atoms with Crippen molar-refractivity contribution in [3.8, 4) is 16.9 Å². The van der Waals surface area contributed by atoms with Crippen molar-refractivity contribution in [1.82, 2.24) is 4.73 Å². The summed E-state index contributed by atoms with van der Waals surface area (Å²) in [6, 6.07) is 1.51. The first-order chi connectivity index (χ1) is 14.1. The summed E-state index contributed by atoms with van der Waals surface area (Å²) in [7, 11) is 0. The summed E-state index contributed by atoms with van der Waals surface area (Å²) >= 11 is 0. The van der Waals surface area contributed by atoms with E-state index in [1.165, 1.54) is 18.5 Å². The van der Waals surface area contributed by atoms with Gasteiger partial charge in [0.25, 0.3) is 0 Å². The van der Waals surface area contributed by atoms with Gasteiger partial charge in [-0.05, 0) is 57.0 Å². The van der Waals surface area contributed by atoms with Crippen LogP contribution in [-0.2, 0) is 0 Å². The van der Waals surface area contributed by atoms with E-state index in [-0.39, 0.29) is 41.6 Å². The normalized spacial score (nSPS) is 15.0. The summed E-state index contributed by atoms with van der Waals surface area (Å²) < 4.78 is 0.800. The minimum Gasteiger partial charge on any atom is -0.507 e. The zero-order chi connectivity index (χ0) is 20.8. The number of pyridine rings is 1. The van der Waals surface area contributed by atoms with E-state index in [1.54, 1.807) is 12.2 Å². The molecule has 8 nitrogen and oxygen atoms in total. The van der Waals surface area contributed by atoms with Crippen molar-refractivity contribution in [1.29, 1.82) is 0 Å². The van der Waals surface area contributed by atoms with Crippen molar-refractivity contribution >= 4 is 36.2 Å². The van der Waals surface area contributed by atoms with Crippen molar-refractivity contribution in [3.63, 3.8) is 0 Å². The maximum absolute atomic E-state index is 13.3. The van der Waals surface area contributed by atoms with Crippen LogP contribution in [0, 0.1) is 0 Å². The number of aliphatic imine (C=N–C) groups is 2. The van der Waals surface area contributed by atoms with Crippen LogP contribution in [0.1, 0.15) is 36.8 Å². The average molecular weight is 470 g/mol. The molecule has 0 saturated heterocycles. The molecule has 0 unspecified atom stereocenters. The number of phenolic OH excluding ortho intramolecular Hbond substituents is 1.